The van der Waals surface area contributed by atoms with Gasteiger partial charge in [0.05, 0.1) is 4.92 Å². The van der Waals surface area contributed by atoms with E-state index in [2.05, 4.69) is 10.6 Å². The summed E-state index contributed by atoms with van der Waals surface area (Å²) in [5, 5.41) is 16.4. The average Bonchev–Trinajstić information content (AvgIpc) is 2.34. The van der Waals surface area contributed by atoms with E-state index in [9.17, 15) is 14.9 Å². The summed E-state index contributed by atoms with van der Waals surface area (Å²) in [6.45, 7) is 5.55. The maximum absolute atomic E-state index is 11.7. The number of benzene rings is 1. The van der Waals surface area contributed by atoms with Gasteiger partial charge < -0.3 is 10.6 Å². The van der Waals surface area contributed by atoms with Gasteiger partial charge in [-0.3, -0.25) is 14.9 Å². The molecule has 0 aliphatic carbocycles. The van der Waals surface area contributed by atoms with Crippen molar-refractivity contribution in [2.24, 2.45) is 5.92 Å². The van der Waals surface area contributed by atoms with Crippen LogP contribution in [0, 0.1) is 23.0 Å². The fourth-order valence-electron chi connectivity index (χ4n) is 1.82. The Morgan fingerprint density at radius 3 is 2.42 bits per heavy atom. The quantitative estimate of drug-likeness (QED) is 0.630. The van der Waals surface area contributed by atoms with Crippen LogP contribution >= 0.6 is 0 Å². The van der Waals surface area contributed by atoms with Crippen LogP contribution in [-0.2, 0) is 4.79 Å². The molecule has 0 radical (unpaired) electrons. The number of anilines is 1. The third-order valence-electron chi connectivity index (χ3n) is 2.91. The number of nitro groups is 1. The molecular formula is C13H19N3O3. The number of amides is 1. The van der Waals surface area contributed by atoms with Gasteiger partial charge in [0.25, 0.3) is 5.69 Å². The predicted molar refractivity (Wildman–Crippen MR) is 74.1 cm³/mol. The molecule has 0 aromatic heterocycles. The molecule has 0 heterocycles. The third kappa shape index (κ3) is 3.67. The van der Waals surface area contributed by atoms with Crippen molar-refractivity contribution in [1.29, 1.82) is 0 Å². The summed E-state index contributed by atoms with van der Waals surface area (Å²) >= 11 is 0. The Labute approximate surface area is 112 Å². The molecule has 19 heavy (non-hydrogen) atoms. The van der Waals surface area contributed by atoms with Crippen LogP contribution in [0.2, 0.25) is 0 Å². The first-order valence-electron chi connectivity index (χ1n) is 6.10. The molecule has 0 saturated carbocycles. The zero-order chi connectivity index (χ0) is 14.6. The highest BCUT2D eigenvalue weighted by Gasteiger charge is 2.21. The van der Waals surface area contributed by atoms with Crippen LogP contribution in [0.3, 0.4) is 0 Å². The van der Waals surface area contributed by atoms with Crippen LogP contribution < -0.4 is 10.6 Å². The van der Waals surface area contributed by atoms with E-state index in [1.165, 1.54) is 6.07 Å². The molecule has 1 aromatic carbocycles. The van der Waals surface area contributed by atoms with Gasteiger partial charge in [0.2, 0.25) is 5.91 Å². The zero-order valence-corrected chi connectivity index (χ0v) is 11.6. The van der Waals surface area contributed by atoms with Gasteiger partial charge in [-0.15, -0.1) is 0 Å². The Balaban J connectivity index is 2.95. The molecule has 0 spiro atoms. The molecule has 1 atom stereocenters. The van der Waals surface area contributed by atoms with Gasteiger partial charge in [-0.25, -0.2) is 0 Å². The second-order valence-corrected chi connectivity index (χ2v) is 4.74. The number of rotatable bonds is 5. The van der Waals surface area contributed by atoms with Crippen LogP contribution in [0.15, 0.2) is 18.2 Å². The van der Waals surface area contributed by atoms with E-state index in [0.29, 0.717) is 11.3 Å². The van der Waals surface area contributed by atoms with Crippen LogP contribution in [0.1, 0.15) is 19.4 Å². The van der Waals surface area contributed by atoms with E-state index in [1.807, 2.05) is 13.8 Å². The molecule has 6 nitrogen and oxygen atoms in total. The Morgan fingerprint density at radius 1 is 1.37 bits per heavy atom. The first-order chi connectivity index (χ1) is 8.86. The highest BCUT2D eigenvalue weighted by Crippen LogP contribution is 2.22. The molecule has 0 aliphatic heterocycles. The Bertz CT molecular complexity index is 486. The lowest BCUT2D eigenvalue weighted by Crippen LogP contribution is -2.41. The number of nitrogens with one attached hydrogen (secondary N) is 2. The number of likely N-dealkylation sites (N-methyl/N-ethyl adjacent to an activating group) is 1. The normalized spacial score (nSPS) is 12.1. The molecule has 6 heteroatoms. The molecule has 0 fully saturated rings. The highest BCUT2D eigenvalue weighted by atomic mass is 16.6. The molecule has 1 unspecified atom stereocenters. The van der Waals surface area contributed by atoms with Crippen molar-refractivity contribution >= 4 is 17.3 Å². The minimum atomic E-state index is -0.419. The SMILES string of the molecule is CNC(=O)C(Nc1ccc([N+](=O)[O-])c(C)c1)C(C)C. The van der Waals surface area contributed by atoms with Gasteiger partial charge in [-0.1, -0.05) is 13.8 Å². The lowest BCUT2D eigenvalue weighted by molar-refractivity contribution is -0.385. The summed E-state index contributed by atoms with van der Waals surface area (Å²) in [5.41, 5.74) is 1.34. The number of aryl methyl sites for hydroxylation is 1. The van der Waals surface area contributed by atoms with Crippen molar-refractivity contribution in [1.82, 2.24) is 5.32 Å². The predicted octanol–water partition coefficient (Wildman–Crippen LogP) is 2.09. The number of carbonyl (C=O) groups is 1. The first-order valence-corrected chi connectivity index (χ1v) is 6.10. The van der Waals surface area contributed by atoms with Crippen LogP contribution in [0.25, 0.3) is 0 Å². The summed E-state index contributed by atoms with van der Waals surface area (Å²) in [5.74, 6) is 0.00135. The van der Waals surface area contributed by atoms with E-state index in [0.717, 1.165) is 0 Å². The molecule has 1 aromatic rings. The number of carbonyl (C=O) groups excluding carboxylic acids is 1. The molecule has 0 aliphatic rings. The second-order valence-electron chi connectivity index (χ2n) is 4.74. The Morgan fingerprint density at radius 2 is 2.00 bits per heavy atom. The van der Waals surface area contributed by atoms with Crippen molar-refractivity contribution in [2.45, 2.75) is 26.8 Å². The Kier molecular flexibility index (Phi) is 4.86. The van der Waals surface area contributed by atoms with Crippen molar-refractivity contribution in [2.75, 3.05) is 12.4 Å². The number of hydrogen-bond donors (Lipinski definition) is 2. The largest absolute Gasteiger partial charge is 0.373 e. The molecule has 0 saturated heterocycles. The van der Waals surface area contributed by atoms with E-state index < -0.39 is 4.92 Å². The number of nitrogens with zero attached hydrogens (tertiary/aromatic N) is 1. The maximum Gasteiger partial charge on any atom is 0.272 e. The van der Waals surface area contributed by atoms with E-state index in [-0.39, 0.29) is 23.6 Å². The van der Waals surface area contributed by atoms with Crippen molar-refractivity contribution in [3.8, 4) is 0 Å². The summed E-state index contributed by atoms with van der Waals surface area (Å²) in [4.78, 5) is 22.1. The lowest BCUT2D eigenvalue weighted by Gasteiger charge is -2.22. The summed E-state index contributed by atoms with van der Waals surface area (Å²) in [6.07, 6.45) is 0. The molecule has 1 rings (SSSR count). The topological polar surface area (TPSA) is 84.3 Å². The van der Waals surface area contributed by atoms with Crippen molar-refractivity contribution in [3.63, 3.8) is 0 Å². The zero-order valence-electron chi connectivity index (χ0n) is 11.6. The summed E-state index contributed by atoms with van der Waals surface area (Å²) in [7, 11) is 1.58. The van der Waals surface area contributed by atoms with Gasteiger partial charge in [0, 0.05) is 24.4 Å². The fraction of sp³-hybridized carbons (Fsp3) is 0.462. The van der Waals surface area contributed by atoms with E-state index >= 15 is 0 Å². The average molecular weight is 265 g/mol. The smallest absolute Gasteiger partial charge is 0.272 e. The molecule has 104 valence electrons. The van der Waals surface area contributed by atoms with E-state index in [4.69, 9.17) is 0 Å². The van der Waals surface area contributed by atoms with Gasteiger partial charge in [0.1, 0.15) is 6.04 Å². The summed E-state index contributed by atoms with van der Waals surface area (Å²) < 4.78 is 0. The van der Waals surface area contributed by atoms with Crippen LogP contribution in [0.5, 0.6) is 0 Å². The molecule has 0 bridgehead atoms. The maximum atomic E-state index is 11.7. The standard InChI is InChI=1S/C13H19N3O3/c1-8(2)12(13(17)14-4)15-10-5-6-11(16(18)19)9(3)7-10/h5-8,12,15H,1-4H3,(H,14,17). The molecule has 2 N–H and O–H groups in total. The number of hydrogen-bond acceptors (Lipinski definition) is 4. The number of nitro benzene ring substituents is 1. The lowest BCUT2D eigenvalue weighted by atomic mass is 10.0. The van der Waals surface area contributed by atoms with Crippen LogP contribution in [0.4, 0.5) is 11.4 Å². The van der Waals surface area contributed by atoms with Crippen molar-refractivity contribution in [3.05, 3.63) is 33.9 Å². The van der Waals surface area contributed by atoms with Crippen LogP contribution in [-0.4, -0.2) is 23.9 Å². The minimum absolute atomic E-state index is 0.0755. The minimum Gasteiger partial charge on any atom is -0.373 e. The van der Waals surface area contributed by atoms with Gasteiger partial charge >= 0.3 is 0 Å². The Hall–Kier alpha value is -2.11. The van der Waals surface area contributed by atoms with Gasteiger partial charge in [-0.05, 0) is 25.0 Å². The fourth-order valence-corrected chi connectivity index (χ4v) is 1.82. The first kappa shape index (κ1) is 14.9. The second kappa shape index (κ2) is 6.17. The van der Waals surface area contributed by atoms with Gasteiger partial charge in [0.15, 0.2) is 0 Å². The highest BCUT2D eigenvalue weighted by molar-refractivity contribution is 5.84. The molecular weight excluding hydrogens is 246 g/mol. The molecule has 1 amide bonds. The third-order valence-corrected chi connectivity index (χ3v) is 2.91. The van der Waals surface area contributed by atoms with Crippen molar-refractivity contribution < 1.29 is 9.72 Å². The monoisotopic (exact) mass is 265 g/mol. The van der Waals surface area contributed by atoms with E-state index in [1.54, 1.807) is 26.1 Å². The summed E-state index contributed by atoms with van der Waals surface area (Å²) in [6, 6.07) is 4.37. The van der Waals surface area contributed by atoms with Gasteiger partial charge in [-0.2, -0.15) is 0 Å².